The van der Waals surface area contributed by atoms with Crippen LogP contribution >= 0.6 is 0 Å². The predicted octanol–water partition coefficient (Wildman–Crippen LogP) is 4.54. The Morgan fingerprint density at radius 1 is 1.03 bits per heavy atom. The third kappa shape index (κ3) is 3.48. The second-order valence-corrected chi connectivity index (χ2v) is 6.44. The van der Waals surface area contributed by atoms with E-state index in [1.165, 1.54) is 12.1 Å². The lowest BCUT2D eigenvalue weighted by molar-refractivity contribution is -0.114. The van der Waals surface area contributed by atoms with Crippen LogP contribution in [0.5, 0.6) is 0 Å². The first-order valence-electron chi connectivity index (χ1n) is 9.03. The van der Waals surface area contributed by atoms with Crippen LogP contribution in [0, 0.1) is 0 Å². The Morgan fingerprint density at radius 2 is 1.76 bits per heavy atom. The molecule has 2 aromatic carbocycles. The Kier molecular flexibility index (Phi) is 4.83. The minimum absolute atomic E-state index is 0.221. The number of ether oxygens (including phenoxy) is 1. The number of hydrogen-bond donors (Lipinski definition) is 0. The van der Waals surface area contributed by atoms with Crippen molar-refractivity contribution in [1.29, 1.82) is 0 Å². The maximum atomic E-state index is 12.8. The van der Waals surface area contributed by atoms with Crippen molar-refractivity contribution in [3.63, 3.8) is 0 Å². The fourth-order valence-electron chi connectivity index (χ4n) is 3.13. The third-order valence-corrected chi connectivity index (χ3v) is 4.57. The molecule has 0 aliphatic carbocycles. The summed E-state index contributed by atoms with van der Waals surface area (Å²) < 4.78 is 10.7. The predicted molar refractivity (Wildman–Crippen MR) is 110 cm³/mol. The first kappa shape index (κ1) is 18.4. The molecule has 0 atom stereocenters. The maximum absolute atomic E-state index is 12.8. The van der Waals surface area contributed by atoms with E-state index in [0.717, 1.165) is 0 Å². The van der Waals surface area contributed by atoms with Crippen molar-refractivity contribution in [1.82, 2.24) is 0 Å². The quantitative estimate of drug-likeness (QED) is 0.487. The lowest BCUT2D eigenvalue weighted by Crippen LogP contribution is -2.21. The van der Waals surface area contributed by atoms with E-state index in [9.17, 15) is 9.59 Å². The molecule has 0 fully saturated rings. The lowest BCUT2D eigenvalue weighted by atomic mass is 10.1. The monoisotopic (exact) mass is 386 g/mol. The minimum Gasteiger partial charge on any atom is -0.465 e. The molecule has 0 spiro atoms. The van der Waals surface area contributed by atoms with Gasteiger partial charge in [-0.3, -0.25) is 4.79 Å². The summed E-state index contributed by atoms with van der Waals surface area (Å²) >= 11 is 0. The van der Waals surface area contributed by atoms with Gasteiger partial charge in [-0.2, -0.15) is 10.1 Å². The first-order valence-corrected chi connectivity index (χ1v) is 9.03. The molecule has 0 N–H and O–H groups in total. The molecule has 0 saturated heterocycles. The molecule has 1 aliphatic rings. The van der Waals surface area contributed by atoms with Crippen molar-refractivity contribution in [2.24, 2.45) is 5.10 Å². The van der Waals surface area contributed by atoms with Crippen molar-refractivity contribution >= 4 is 29.4 Å². The summed E-state index contributed by atoms with van der Waals surface area (Å²) in [6.07, 6.45) is 1.66. The van der Waals surface area contributed by atoms with Crippen molar-refractivity contribution in [3.8, 4) is 11.3 Å². The zero-order valence-electron chi connectivity index (χ0n) is 16.0. The summed E-state index contributed by atoms with van der Waals surface area (Å²) in [5, 5.41) is 5.73. The van der Waals surface area contributed by atoms with Crippen LogP contribution in [0.2, 0.25) is 0 Å². The molecule has 144 valence electrons. The molecule has 6 heteroatoms. The number of methoxy groups -OCH3 is 1. The number of furan rings is 1. The Bertz CT molecular complexity index is 1140. The summed E-state index contributed by atoms with van der Waals surface area (Å²) in [6, 6.07) is 19.8. The molecule has 3 aromatic rings. The van der Waals surface area contributed by atoms with Gasteiger partial charge in [-0.1, -0.05) is 36.4 Å². The van der Waals surface area contributed by atoms with Gasteiger partial charge >= 0.3 is 5.97 Å². The fraction of sp³-hybridized carbons (Fsp3) is 0.0870. The number of para-hydroxylation sites is 1. The van der Waals surface area contributed by atoms with E-state index >= 15 is 0 Å². The van der Waals surface area contributed by atoms with Gasteiger partial charge in [0.05, 0.1) is 29.6 Å². The van der Waals surface area contributed by atoms with Crippen molar-refractivity contribution in [3.05, 3.63) is 83.6 Å². The molecular formula is C23H18N2O4. The Morgan fingerprint density at radius 3 is 2.52 bits per heavy atom. The van der Waals surface area contributed by atoms with E-state index in [0.29, 0.717) is 39.6 Å². The average molecular weight is 386 g/mol. The van der Waals surface area contributed by atoms with Gasteiger partial charge in [-0.15, -0.1) is 0 Å². The Labute approximate surface area is 167 Å². The fourth-order valence-corrected chi connectivity index (χ4v) is 3.13. The van der Waals surface area contributed by atoms with Crippen LogP contribution in [0.15, 0.2) is 81.8 Å². The number of esters is 1. The maximum Gasteiger partial charge on any atom is 0.338 e. The van der Waals surface area contributed by atoms with E-state index in [4.69, 9.17) is 9.15 Å². The molecule has 0 unspecified atom stereocenters. The van der Waals surface area contributed by atoms with Crippen molar-refractivity contribution < 1.29 is 18.7 Å². The van der Waals surface area contributed by atoms with Gasteiger partial charge in [0.1, 0.15) is 11.5 Å². The molecule has 0 radical (unpaired) electrons. The number of hydrogen-bond acceptors (Lipinski definition) is 5. The van der Waals surface area contributed by atoms with Crippen LogP contribution in [0.1, 0.15) is 23.0 Å². The highest BCUT2D eigenvalue weighted by Gasteiger charge is 2.29. The van der Waals surface area contributed by atoms with Crippen LogP contribution in [0.3, 0.4) is 0 Å². The van der Waals surface area contributed by atoms with Crippen LogP contribution in [-0.2, 0) is 9.53 Å². The van der Waals surface area contributed by atoms with E-state index in [-0.39, 0.29) is 5.91 Å². The third-order valence-electron chi connectivity index (χ3n) is 4.57. The van der Waals surface area contributed by atoms with Crippen LogP contribution in [0.4, 0.5) is 5.69 Å². The smallest absolute Gasteiger partial charge is 0.338 e. The molecule has 29 heavy (non-hydrogen) atoms. The number of hydrazone groups is 1. The van der Waals surface area contributed by atoms with Crippen LogP contribution in [0.25, 0.3) is 17.4 Å². The van der Waals surface area contributed by atoms with E-state index in [2.05, 4.69) is 5.10 Å². The second-order valence-electron chi connectivity index (χ2n) is 6.44. The number of amides is 1. The highest BCUT2D eigenvalue weighted by molar-refractivity contribution is 6.32. The zero-order valence-corrected chi connectivity index (χ0v) is 16.0. The summed E-state index contributed by atoms with van der Waals surface area (Å²) in [6.45, 7) is 1.78. The molecule has 0 saturated carbocycles. The summed E-state index contributed by atoms with van der Waals surface area (Å²) in [4.78, 5) is 24.8. The SMILES string of the molecule is COC(=O)c1ccccc1-c1ccc(/C=C2\C(=O)N(c3ccccc3)N=C2C)o1. The summed E-state index contributed by atoms with van der Waals surface area (Å²) in [5.41, 5.74) is 2.79. The minimum atomic E-state index is -0.440. The topological polar surface area (TPSA) is 72.1 Å². The highest BCUT2D eigenvalue weighted by atomic mass is 16.5. The zero-order chi connectivity index (χ0) is 20.4. The van der Waals surface area contributed by atoms with Gasteiger partial charge in [0.2, 0.25) is 0 Å². The number of benzene rings is 2. The highest BCUT2D eigenvalue weighted by Crippen LogP contribution is 2.29. The van der Waals surface area contributed by atoms with Crippen LogP contribution in [-0.4, -0.2) is 24.7 Å². The lowest BCUT2D eigenvalue weighted by Gasteiger charge is -2.10. The Balaban J connectivity index is 1.65. The van der Waals surface area contributed by atoms with Gasteiger partial charge < -0.3 is 9.15 Å². The van der Waals surface area contributed by atoms with Gasteiger partial charge in [0.25, 0.3) is 5.91 Å². The molecule has 1 aromatic heterocycles. The molecule has 4 rings (SSSR count). The number of carbonyl (C=O) groups excluding carboxylic acids is 2. The molecule has 0 bridgehead atoms. The van der Waals surface area contributed by atoms with Gasteiger partial charge in [0.15, 0.2) is 0 Å². The number of rotatable bonds is 4. The number of anilines is 1. The van der Waals surface area contributed by atoms with Crippen molar-refractivity contribution in [2.45, 2.75) is 6.92 Å². The molecule has 1 aliphatic heterocycles. The van der Waals surface area contributed by atoms with Crippen LogP contribution < -0.4 is 5.01 Å². The van der Waals surface area contributed by atoms with Gasteiger partial charge in [-0.05, 0) is 43.3 Å². The number of nitrogens with zero attached hydrogens (tertiary/aromatic N) is 2. The average Bonchev–Trinajstić information content (AvgIpc) is 3.34. The van der Waals surface area contributed by atoms with E-state index in [1.807, 2.05) is 36.4 Å². The van der Waals surface area contributed by atoms with Gasteiger partial charge in [-0.25, -0.2) is 4.79 Å². The molecular weight excluding hydrogens is 368 g/mol. The van der Waals surface area contributed by atoms with Gasteiger partial charge in [0, 0.05) is 5.56 Å². The van der Waals surface area contributed by atoms with E-state index in [1.54, 1.807) is 43.3 Å². The van der Waals surface area contributed by atoms with Crippen molar-refractivity contribution in [2.75, 3.05) is 12.1 Å². The standard InChI is InChI=1S/C23H18N2O4/c1-15-20(22(26)25(24-15)16-8-4-3-5-9-16)14-17-12-13-21(29-17)18-10-6-7-11-19(18)23(27)28-2/h3-14H,1-2H3/b20-14-. The molecule has 6 nitrogen and oxygen atoms in total. The first-order chi connectivity index (χ1) is 14.1. The summed E-state index contributed by atoms with van der Waals surface area (Å²) in [7, 11) is 1.34. The summed E-state index contributed by atoms with van der Waals surface area (Å²) in [5.74, 6) is 0.344. The second kappa shape index (κ2) is 7.59. The molecule has 1 amide bonds. The largest absolute Gasteiger partial charge is 0.465 e. The van der Waals surface area contributed by atoms with E-state index < -0.39 is 5.97 Å². The number of carbonyl (C=O) groups is 2. The normalized spacial score (nSPS) is 15.0. The molecule has 2 heterocycles. The Hall–Kier alpha value is -3.93.